The summed E-state index contributed by atoms with van der Waals surface area (Å²) in [6.07, 6.45) is -2.15. The van der Waals surface area contributed by atoms with Crippen LogP contribution < -0.4 is 15.5 Å². The second-order valence-corrected chi connectivity index (χ2v) is 7.18. The molecule has 7 heteroatoms. The number of piperazine rings is 1. The van der Waals surface area contributed by atoms with Gasteiger partial charge in [0, 0.05) is 56.4 Å². The van der Waals surface area contributed by atoms with Gasteiger partial charge in [0.15, 0.2) is 0 Å². The van der Waals surface area contributed by atoms with Crippen molar-refractivity contribution in [1.82, 2.24) is 9.80 Å². The minimum absolute atomic E-state index is 0.586. The summed E-state index contributed by atoms with van der Waals surface area (Å²) >= 11 is 0. The van der Waals surface area contributed by atoms with Crippen molar-refractivity contribution in [3.63, 3.8) is 0 Å². The van der Waals surface area contributed by atoms with E-state index < -0.39 is 11.7 Å². The van der Waals surface area contributed by atoms with Gasteiger partial charge in [-0.25, -0.2) is 0 Å². The van der Waals surface area contributed by atoms with Gasteiger partial charge in [-0.15, -0.1) is 0 Å². The lowest BCUT2D eigenvalue weighted by Crippen LogP contribution is -2.48. The smallest absolute Gasteiger partial charge is 0.369 e. The summed E-state index contributed by atoms with van der Waals surface area (Å²) in [6.45, 7) is 5.64. The molecule has 0 saturated carbocycles. The number of halogens is 3. The molecule has 0 bridgehead atoms. The lowest BCUT2D eigenvalue weighted by molar-refractivity contribution is -0.137. The number of hydrogen-bond donors (Lipinski definition) is 0. The first-order chi connectivity index (χ1) is 13.5. The molecule has 2 aliphatic heterocycles. The Morgan fingerprint density at radius 2 is 1.68 bits per heavy atom. The number of anilines is 1. The van der Waals surface area contributed by atoms with Crippen molar-refractivity contribution in [2.75, 3.05) is 50.8 Å². The third kappa shape index (κ3) is 4.30. The number of alkyl halides is 3. The van der Waals surface area contributed by atoms with E-state index in [1.165, 1.54) is 12.1 Å². The van der Waals surface area contributed by atoms with E-state index in [0.717, 1.165) is 55.9 Å². The van der Waals surface area contributed by atoms with Crippen LogP contribution in [0.15, 0.2) is 53.5 Å². The van der Waals surface area contributed by atoms with Gasteiger partial charge in [0.2, 0.25) is 0 Å². The van der Waals surface area contributed by atoms with Crippen LogP contribution in [-0.4, -0.2) is 55.7 Å². The van der Waals surface area contributed by atoms with Crippen molar-refractivity contribution < 1.29 is 13.2 Å². The molecule has 1 fully saturated rings. The average molecular weight is 388 g/mol. The summed E-state index contributed by atoms with van der Waals surface area (Å²) < 4.78 is 38.8. The fraction of sp³-hybridized carbons (Fsp3) is 0.381. The standard InChI is InChI=1S/C21H23F3N4/c22-21(23,24)18-5-3-6-19(14-18)28-12-10-26(11-13-28)8-9-27-15-17-4-1-2-7-20(17)25-16-27/h1-7,14-15H,8-13,16H2. The van der Waals surface area contributed by atoms with E-state index in [9.17, 15) is 13.2 Å². The highest BCUT2D eigenvalue weighted by Gasteiger charge is 2.31. The molecule has 2 heterocycles. The zero-order valence-corrected chi connectivity index (χ0v) is 15.6. The second-order valence-electron chi connectivity index (χ2n) is 7.18. The number of para-hydroxylation sites is 1. The van der Waals surface area contributed by atoms with Crippen molar-refractivity contribution in [3.05, 3.63) is 64.7 Å². The van der Waals surface area contributed by atoms with Gasteiger partial charge < -0.3 is 9.80 Å². The van der Waals surface area contributed by atoms with Gasteiger partial charge in [0.1, 0.15) is 6.67 Å². The highest BCUT2D eigenvalue weighted by molar-refractivity contribution is 5.49. The third-order valence-electron chi connectivity index (χ3n) is 5.30. The van der Waals surface area contributed by atoms with Crippen molar-refractivity contribution in [1.29, 1.82) is 0 Å². The molecule has 4 rings (SSSR count). The molecule has 2 aromatic carbocycles. The fourth-order valence-corrected chi connectivity index (χ4v) is 3.66. The van der Waals surface area contributed by atoms with Crippen molar-refractivity contribution in [2.24, 2.45) is 4.99 Å². The number of rotatable bonds is 4. The van der Waals surface area contributed by atoms with E-state index in [4.69, 9.17) is 0 Å². The van der Waals surface area contributed by atoms with Crippen LogP contribution in [0.25, 0.3) is 6.20 Å². The predicted octanol–water partition coefficient (Wildman–Crippen LogP) is 2.16. The number of benzene rings is 2. The molecule has 4 nitrogen and oxygen atoms in total. The lowest BCUT2D eigenvalue weighted by atomic mass is 10.1. The number of fused-ring (bicyclic) bond motifs is 1. The van der Waals surface area contributed by atoms with Gasteiger partial charge in [-0.3, -0.25) is 9.89 Å². The van der Waals surface area contributed by atoms with Crippen LogP contribution in [0.3, 0.4) is 0 Å². The summed E-state index contributed by atoms with van der Waals surface area (Å²) in [4.78, 5) is 11.2. The highest BCUT2D eigenvalue weighted by Crippen LogP contribution is 2.31. The van der Waals surface area contributed by atoms with Crippen LogP contribution >= 0.6 is 0 Å². The first-order valence-electron chi connectivity index (χ1n) is 9.49. The first-order valence-corrected chi connectivity index (χ1v) is 9.49. The van der Waals surface area contributed by atoms with E-state index in [0.29, 0.717) is 12.4 Å². The summed E-state index contributed by atoms with van der Waals surface area (Å²) in [5, 5.41) is 2.18. The summed E-state index contributed by atoms with van der Waals surface area (Å²) in [5.41, 5.74) is 0.0614. The molecular weight excluding hydrogens is 365 g/mol. The summed E-state index contributed by atoms with van der Waals surface area (Å²) in [7, 11) is 0. The monoisotopic (exact) mass is 388 g/mol. The molecule has 148 valence electrons. The Balaban J connectivity index is 1.30. The molecule has 0 radical (unpaired) electrons. The molecule has 2 aliphatic rings. The van der Waals surface area contributed by atoms with E-state index in [-0.39, 0.29) is 0 Å². The van der Waals surface area contributed by atoms with Gasteiger partial charge in [0.25, 0.3) is 0 Å². The molecule has 2 aromatic rings. The Bertz CT molecular complexity index is 933. The van der Waals surface area contributed by atoms with Crippen molar-refractivity contribution in [3.8, 4) is 0 Å². The minimum atomic E-state index is -4.30. The van der Waals surface area contributed by atoms with Crippen molar-refractivity contribution >= 4 is 11.9 Å². The quantitative estimate of drug-likeness (QED) is 0.802. The maximum Gasteiger partial charge on any atom is 0.416 e. The molecule has 0 N–H and O–H groups in total. The highest BCUT2D eigenvalue weighted by atomic mass is 19.4. The predicted molar refractivity (Wildman–Crippen MR) is 103 cm³/mol. The molecule has 1 saturated heterocycles. The topological polar surface area (TPSA) is 22.1 Å². The summed E-state index contributed by atoms with van der Waals surface area (Å²) in [5.74, 6) is 0. The molecule has 0 aliphatic carbocycles. The van der Waals surface area contributed by atoms with E-state index in [1.807, 2.05) is 23.1 Å². The number of nitrogens with zero attached hydrogens (tertiary/aromatic N) is 4. The Hall–Kier alpha value is -2.54. The lowest BCUT2D eigenvalue weighted by Gasteiger charge is -2.37. The van der Waals surface area contributed by atoms with E-state index in [2.05, 4.69) is 27.1 Å². The Morgan fingerprint density at radius 1 is 0.893 bits per heavy atom. The maximum absolute atomic E-state index is 12.9. The SMILES string of the molecule is FC(F)(F)c1cccc(N2CCN(CCN3C=c4ccccc4=NC3)CC2)c1. The van der Waals surface area contributed by atoms with Gasteiger partial charge >= 0.3 is 6.18 Å². The maximum atomic E-state index is 12.9. The fourth-order valence-electron chi connectivity index (χ4n) is 3.66. The molecule has 0 unspecified atom stereocenters. The van der Waals surface area contributed by atoms with Gasteiger partial charge in [-0.1, -0.05) is 24.3 Å². The van der Waals surface area contributed by atoms with Gasteiger partial charge in [-0.2, -0.15) is 13.2 Å². The normalized spacial score (nSPS) is 17.7. The van der Waals surface area contributed by atoms with E-state index in [1.54, 1.807) is 6.07 Å². The molecule has 0 aromatic heterocycles. The Kier molecular flexibility index (Phi) is 5.26. The largest absolute Gasteiger partial charge is 0.416 e. The molecule has 0 atom stereocenters. The molecule has 28 heavy (non-hydrogen) atoms. The number of hydrogen-bond acceptors (Lipinski definition) is 4. The van der Waals surface area contributed by atoms with Crippen LogP contribution in [0.2, 0.25) is 0 Å². The zero-order chi connectivity index (χ0) is 19.6. The van der Waals surface area contributed by atoms with Crippen LogP contribution in [0.5, 0.6) is 0 Å². The summed E-state index contributed by atoms with van der Waals surface area (Å²) in [6, 6.07) is 13.7. The van der Waals surface area contributed by atoms with Crippen molar-refractivity contribution in [2.45, 2.75) is 6.18 Å². The third-order valence-corrected chi connectivity index (χ3v) is 5.30. The molecular formula is C21H23F3N4. The van der Waals surface area contributed by atoms with E-state index >= 15 is 0 Å². The van der Waals surface area contributed by atoms with Gasteiger partial charge in [-0.05, 0) is 24.3 Å². The second kappa shape index (κ2) is 7.83. The molecule has 0 amide bonds. The zero-order valence-electron chi connectivity index (χ0n) is 15.6. The van der Waals surface area contributed by atoms with Gasteiger partial charge in [0.05, 0.1) is 10.9 Å². The van der Waals surface area contributed by atoms with Crippen LogP contribution in [0, 0.1) is 0 Å². The van der Waals surface area contributed by atoms with Crippen LogP contribution in [0.4, 0.5) is 18.9 Å². The van der Waals surface area contributed by atoms with Crippen LogP contribution in [-0.2, 0) is 6.18 Å². The first kappa shape index (κ1) is 18.8. The van der Waals surface area contributed by atoms with Crippen LogP contribution in [0.1, 0.15) is 5.56 Å². The Labute approximate surface area is 162 Å². The average Bonchev–Trinajstić information content (AvgIpc) is 2.72. The molecule has 0 spiro atoms. The Morgan fingerprint density at radius 3 is 2.46 bits per heavy atom. The minimum Gasteiger partial charge on any atom is -0.369 e.